The van der Waals surface area contributed by atoms with Gasteiger partial charge < -0.3 is 15.2 Å². The molecular formula is C19H28N4O. The summed E-state index contributed by atoms with van der Waals surface area (Å²) in [4.78, 5) is 20.0. The second kappa shape index (κ2) is 7.71. The smallest absolute Gasteiger partial charge is 0.317 e. The number of piperazine rings is 1. The highest BCUT2D eigenvalue weighted by Gasteiger charge is 2.22. The lowest BCUT2D eigenvalue weighted by Crippen LogP contribution is -2.53. The lowest BCUT2D eigenvalue weighted by Gasteiger charge is -2.37. The van der Waals surface area contributed by atoms with Gasteiger partial charge in [0.05, 0.1) is 0 Å². The third kappa shape index (κ3) is 3.73. The van der Waals surface area contributed by atoms with Crippen LogP contribution in [0.15, 0.2) is 30.5 Å². The highest BCUT2D eigenvalue weighted by Crippen LogP contribution is 2.17. The Morgan fingerprint density at radius 1 is 1.25 bits per heavy atom. The number of carbonyl (C=O) groups is 1. The first-order valence-electron chi connectivity index (χ1n) is 9.01. The molecule has 24 heavy (non-hydrogen) atoms. The quantitative estimate of drug-likeness (QED) is 0.887. The van der Waals surface area contributed by atoms with Gasteiger partial charge in [-0.2, -0.15) is 0 Å². The number of nitrogens with zero attached hydrogens (tertiary/aromatic N) is 2. The summed E-state index contributed by atoms with van der Waals surface area (Å²) in [6, 6.07) is 8.96. The normalized spacial score (nSPS) is 17.2. The molecule has 2 aromatic rings. The molecule has 1 fully saturated rings. The Hall–Kier alpha value is -2.01. The second-order valence-electron chi connectivity index (χ2n) is 6.62. The average molecular weight is 328 g/mol. The number of amides is 2. The first-order chi connectivity index (χ1) is 11.7. The van der Waals surface area contributed by atoms with E-state index in [1.54, 1.807) is 0 Å². The maximum Gasteiger partial charge on any atom is 0.317 e. The summed E-state index contributed by atoms with van der Waals surface area (Å²) in [7, 11) is 0. The van der Waals surface area contributed by atoms with Crippen LogP contribution in [0.5, 0.6) is 0 Å². The summed E-state index contributed by atoms with van der Waals surface area (Å²) in [5.41, 5.74) is 2.41. The van der Waals surface area contributed by atoms with E-state index in [1.165, 1.54) is 10.9 Å². The molecule has 2 N–H and O–H groups in total. The molecule has 5 nitrogen and oxygen atoms in total. The van der Waals surface area contributed by atoms with Crippen LogP contribution < -0.4 is 5.32 Å². The van der Waals surface area contributed by atoms with Crippen molar-refractivity contribution in [2.24, 2.45) is 0 Å². The van der Waals surface area contributed by atoms with E-state index < -0.39 is 0 Å². The van der Waals surface area contributed by atoms with Crippen molar-refractivity contribution in [3.05, 3.63) is 36.0 Å². The number of hydrogen-bond donors (Lipinski definition) is 2. The number of urea groups is 1. The fourth-order valence-corrected chi connectivity index (χ4v) is 3.38. The van der Waals surface area contributed by atoms with Crippen LogP contribution in [-0.2, 0) is 6.42 Å². The van der Waals surface area contributed by atoms with Crippen LogP contribution in [0.3, 0.4) is 0 Å². The summed E-state index contributed by atoms with van der Waals surface area (Å²) in [6.45, 7) is 8.75. The molecule has 1 atom stereocenters. The number of rotatable bonds is 5. The minimum absolute atomic E-state index is 0.0682. The molecular weight excluding hydrogens is 300 g/mol. The van der Waals surface area contributed by atoms with E-state index in [0.29, 0.717) is 12.6 Å². The number of para-hydroxylation sites is 1. The van der Waals surface area contributed by atoms with Crippen LogP contribution in [0.4, 0.5) is 4.79 Å². The molecule has 1 aliphatic heterocycles. The van der Waals surface area contributed by atoms with Gasteiger partial charge in [-0.3, -0.25) is 4.90 Å². The van der Waals surface area contributed by atoms with Gasteiger partial charge in [0, 0.05) is 55.9 Å². The molecule has 1 aromatic carbocycles. The lowest BCUT2D eigenvalue weighted by atomic mass is 10.1. The summed E-state index contributed by atoms with van der Waals surface area (Å²) in [6.07, 6.45) is 4.06. The predicted molar refractivity (Wildman–Crippen MR) is 98.3 cm³/mol. The van der Waals surface area contributed by atoms with Crippen molar-refractivity contribution in [3.8, 4) is 0 Å². The molecule has 0 bridgehead atoms. The molecule has 3 rings (SSSR count). The van der Waals surface area contributed by atoms with Crippen LogP contribution in [0.1, 0.15) is 25.8 Å². The number of benzene rings is 1. The van der Waals surface area contributed by atoms with Gasteiger partial charge in [-0.05, 0) is 31.4 Å². The fourth-order valence-electron chi connectivity index (χ4n) is 3.38. The number of hydrogen-bond acceptors (Lipinski definition) is 2. The van der Waals surface area contributed by atoms with Gasteiger partial charge >= 0.3 is 6.03 Å². The Kier molecular flexibility index (Phi) is 5.41. The first-order valence-corrected chi connectivity index (χ1v) is 9.01. The van der Waals surface area contributed by atoms with Gasteiger partial charge in [-0.25, -0.2) is 4.79 Å². The zero-order chi connectivity index (χ0) is 16.9. The molecule has 130 valence electrons. The van der Waals surface area contributed by atoms with E-state index in [-0.39, 0.29) is 6.03 Å². The van der Waals surface area contributed by atoms with Crippen molar-refractivity contribution < 1.29 is 4.79 Å². The molecule has 5 heteroatoms. The lowest BCUT2D eigenvalue weighted by molar-refractivity contribution is 0.112. The summed E-state index contributed by atoms with van der Waals surface area (Å²) in [5, 5.41) is 4.31. The molecule has 2 heterocycles. The number of aromatic nitrogens is 1. The van der Waals surface area contributed by atoms with Gasteiger partial charge in [-0.1, -0.05) is 25.1 Å². The maximum atomic E-state index is 12.3. The topological polar surface area (TPSA) is 51.4 Å². The van der Waals surface area contributed by atoms with E-state index in [1.807, 2.05) is 17.2 Å². The molecule has 0 radical (unpaired) electrons. The molecule has 0 aliphatic carbocycles. The minimum atomic E-state index is 0.0682. The summed E-state index contributed by atoms with van der Waals surface area (Å²) >= 11 is 0. The highest BCUT2D eigenvalue weighted by atomic mass is 16.2. The van der Waals surface area contributed by atoms with Crippen LogP contribution in [0.2, 0.25) is 0 Å². The number of carbonyl (C=O) groups excluding carboxylic acids is 1. The third-order valence-corrected chi connectivity index (χ3v) is 5.16. The highest BCUT2D eigenvalue weighted by molar-refractivity contribution is 5.83. The second-order valence-corrected chi connectivity index (χ2v) is 6.62. The Balaban J connectivity index is 1.45. The molecule has 0 spiro atoms. The average Bonchev–Trinajstić information content (AvgIpc) is 3.04. The summed E-state index contributed by atoms with van der Waals surface area (Å²) in [5.74, 6) is 0. The van der Waals surface area contributed by atoms with E-state index in [0.717, 1.165) is 44.5 Å². The molecule has 1 saturated heterocycles. The van der Waals surface area contributed by atoms with Gasteiger partial charge in [0.25, 0.3) is 0 Å². The van der Waals surface area contributed by atoms with Gasteiger partial charge in [-0.15, -0.1) is 0 Å². The Morgan fingerprint density at radius 2 is 2.00 bits per heavy atom. The molecule has 1 unspecified atom stereocenters. The van der Waals surface area contributed by atoms with E-state index in [9.17, 15) is 4.79 Å². The number of fused-ring (bicyclic) bond motifs is 1. The van der Waals surface area contributed by atoms with Crippen molar-refractivity contribution in [1.82, 2.24) is 20.1 Å². The van der Waals surface area contributed by atoms with E-state index in [4.69, 9.17) is 0 Å². The van der Waals surface area contributed by atoms with Crippen LogP contribution in [-0.4, -0.2) is 59.6 Å². The molecule has 2 amide bonds. The van der Waals surface area contributed by atoms with Gasteiger partial charge in [0.1, 0.15) is 0 Å². The minimum Gasteiger partial charge on any atom is -0.361 e. The largest absolute Gasteiger partial charge is 0.361 e. The number of nitrogens with one attached hydrogen (secondary N) is 2. The van der Waals surface area contributed by atoms with Crippen LogP contribution in [0.25, 0.3) is 10.9 Å². The van der Waals surface area contributed by atoms with Gasteiger partial charge in [0.2, 0.25) is 0 Å². The Bertz CT molecular complexity index is 673. The first kappa shape index (κ1) is 16.8. The van der Waals surface area contributed by atoms with Crippen molar-refractivity contribution >= 4 is 16.9 Å². The predicted octanol–water partition coefficient (Wildman–Crippen LogP) is 2.84. The Morgan fingerprint density at radius 3 is 2.75 bits per heavy atom. The van der Waals surface area contributed by atoms with Gasteiger partial charge in [0.15, 0.2) is 0 Å². The molecule has 1 aromatic heterocycles. The van der Waals surface area contributed by atoms with Crippen molar-refractivity contribution in [2.45, 2.75) is 32.7 Å². The number of aromatic amines is 1. The van der Waals surface area contributed by atoms with Crippen molar-refractivity contribution in [2.75, 3.05) is 32.7 Å². The SMILES string of the molecule is CCC(C)N1CCN(C(=O)NCCc2c[nH]c3ccccc23)CC1. The van der Waals surface area contributed by atoms with Crippen molar-refractivity contribution in [1.29, 1.82) is 0 Å². The molecule has 0 saturated carbocycles. The van der Waals surface area contributed by atoms with E-state index in [2.05, 4.69) is 47.2 Å². The standard InChI is InChI=1S/C19H28N4O/c1-3-15(2)22-10-12-23(13-11-22)19(24)20-9-8-16-14-21-18-7-5-4-6-17(16)18/h4-7,14-15,21H,3,8-13H2,1-2H3,(H,20,24). The third-order valence-electron chi connectivity index (χ3n) is 5.16. The molecule has 1 aliphatic rings. The Labute approximate surface area is 144 Å². The van der Waals surface area contributed by atoms with Crippen molar-refractivity contribution in [3.63, 3.8) is 0 Å². The van der Waals surface area contributed by atoms with Crippen LogP contribution in [0, 0.1) is 0 Å². The maximum absolute atomic E-state index is 12.3. The zero-order valence-corrected chi connectivity index (χ0v) is 14.7. The number of H-pyrrole nitrogens is 1. The monoisotopic (exact) mass is 328 g/mol. The fraction of sp³-hybridized carbons (Fsp3) is 0.526. The van der Waals surface area contributed by atoms with Crippen LogP contribution >= 0.6 is 0 Å². The zero-order valence-electron chi connectivity index (χ0n) is 14.7. The van der Waals surface area contributed by atoms with E-state index >= 15 is 0 Å². The summed E-state index contributed by atoms with van der Waals surface area (Å²) < 4.78 is 0.